The maximum absolute atomic E-state index is 6.18. The first-order valence-electron chi connectivity index (χ1n) is 6.69. The average molecular weight is 361 g/mol. The Labute approximate surface area is 144 Å². The maximum atomic E-state index is 6.18. The first-order valence-corrected chi connectivity index (χ1v) is 8.20. The number of benzene rings is 2. The maximum Gasteiger partial charge on any atom is 0.0722 e. The molecule has 1 N–H and O–H groups in total. The first kappa shape index (κ1) is 15.3. The van der Waals surface area contributed by atoms with E-state index in [0.29, 0.717) is 27.0 Å². The summed E-state index contributed by atoms with van der Waals surface area (Å²) in [7, 11) is 0. The van der Waals surface area contributed by atoms with Crippen molar-refractivity contribution in [1.29, 1.82) is 0 Å². The highest BCUT2D eigenvalue weighted by molar-refractivity contribution is 6.41. The minimum absolute atomic E-state index is 0.377. The summed E-state index contributed by atoms with van der Waals surface area (Å²) in [6.45, 7) is 0. The van der Waals surface area contributed by atoms with Gasteiger partial charge < -0.3 is 5.32 Å². The highest BCUT2D eigenvalue weighted by Crippen LogP contribution is 2.41. The van der Waals surface area contributed by atoms with E-state index in [-0.39, 0.29) is 0 Å². The van der Waals surface area contributed by atoms with Crippen LogP contribution in [0.1, 0.15) is 24.3 Å². The van der Waals surface area contributed by atoms with E-state index in [1.54, 1.807) is 12.1 Å². The van der Waals surface area contributed by atoms with Crippen LogP contribution in [0.2, 0.25) is 20.1 Å². The number of rotatable bonds is 3. The molecule has 2 aromatic rings. The molecule has 0 bridgehead atoms. The fraction of sp³-hybridized carbons (Fsp3) is 0.250. The zero-order valence-electron chi connectivity index (χ0n) is 11.0. The quantitative estimate of drug-likeness (QED) is 0.645. The highest BCUT2D eigenvalue weighted by Gasteiger charge is 2.31. The van der Waals surface area contributed by atoms with Gasteiger partial charge in [0, 0.05) is 16.1 Å². The van der Waals surface area contributed by atoms with Crippen molar-refractivity contribution in [2.24, 2.45) is 0 Å². The van der Waals surface area contributed by atoms with Crippen molar-refractivity contribution in [2.75, 3.05) is 5.32 Å². The summed E-state index contributed by atoms with van der Waals surface area (Å²) in [5.41, 5.74) is 2.09. The van der Waals surface area contributed by atoms with Gasteiger partial charge in [0.1, 0.15) is 0 Å². The second-order valence-corrected chi connectivity index (χ2v) is 6.99. The molecule has 0 unspecified atom stereocenters. The predicted molar refractivity (Wildman–Crippen MR) is 92.3 cm³/mol. The van der Waals surface area contributed by atoms with Gasteiger partial charge in [0.05, 0.1) is 15.7 Å². The number of nitrogens with one attached hydrogen (secondary N) is 1. The molecule has 1 aliphatic rings. The lowest BCUT2D eigenvalue weighted by Crippen LogP contribution is -2.34. The van der Waals surface area contributed by atoms with Crippen LogP contribution in [-0.4, -0.2) is 6.04 Å². The Balaban J connectivity index is 1.64. The molecule has 110 valence electrons. The molecular weight excluding hydrogens is 348 g/mol. The molecular formula is C16H13Cl4N. The van der Waals surface area contributed by atoms with E-state index < -0.39 is 0 Å². The van der Waals surface area contributed by atoms with Gasteiger partial charge in [0.2, 0.25) is 0 Å². The Kier molecular flexibility index (Phi) is 4.56. The topological polar surface area (TPSA) is 12.0 Å². The molecule has 1 nitrogen and oxygen atoms in total. The van der Waals surface area contributed by atoms with Gasteiger partial charge in [-0.25, -0.2) is 0 Å². The van der Waals surface area contributed by atoms with Crippen molar-refractivity contribution in [3.05, 3.63) is 62.1 Å². The largest absolute Gasteiger partial charge is 0.380 e. The molecule has 5 heteroatoms. The van der Waals surface area contributed by atoms with Crippen LogP contribution in [0, 0.1) is 0 Å². The van der Waals surface area contributed by atoms with Gasteiger partial charge in [-0.3, -0.25) is 0 Å². The Bertz CT molecular complexity index is 625. The minimum Gasteiger partial charge on any atom is -0.380 e. The van der Waals surface area contributed by atoms with Gasteiger partial charge >= 0.3 is 0 Å². The molecule has 1 aliphatic carbocycles. The zero-order valence-corrected chi connectivity index (χ0v) is 14.1. The van der Waals surface area contributed by atoms with Crippen molar-refractivity contribution in [1.82, 2.24) is 0 Å². The summed E-state index contributed by atoms with van der Waals surface area (Å²) in [5, 5.41) is 5.84. The van der Waals surface area contributed by atoms with E-state index in [1.807, 2.05) is 12.1 Å². The van der Waals surface area contributed by atoms with E-state index in [0.717, 1.165) is 23.6 Å². The molecule has 0 heterocycles. The van der Waals surface area contributed by atoms with E-state index in [2.05, 4.69) is 17.4 Å². The smallest absolute Gasteiger partial charge is 0.0722 e. The summed E-state index contributed by atoms with van der Waals surface area (Å²) in [4.78, 5) is 0. The average Bonchev–Trinajstić information content (AvgIpc) is 2.37. The summed E-state index contributed by atoms with van der Waals surface area (Å²) in [6.07, 6.45) is 2.10. The lowest BCUT2D eigenvalue weighted by Gasteiger charge is -2.37. The summed E-state index contributed by atoms with van der Waals surface area (Å²) >= 11 is 24.2. The molecule has 0 spiro atoms. The van der Waals surface area contributed by atoms with E-state index in [9.17, 15) is 0 Å². The van der Waals surface area contributed by atoms with Crippen LogP contribution in [0.15, 0.2) is 36.4 Å². The molecule has 0 aliphatic heterocycles. The molecule has 0 amide bonds. The van der Waals surface area contributed by atoms with Gasteiger partial charge in [-0.15, -0.1) is 0 Å². The third-order valence-electron chi connectivity index (χ3n) is 3.83. The fourth-order valence-electron chi connectivity index (χ4n) is 2.63. The summed E-state index contributed by atoms with van der Waals surface area (Å²) in [6, 6.07) is 11.8. The van der Waals surface area contributed by atoms with Crippen molar-refractivity contribution >= 4 is 52.1 Å². The number of hydrogen-bond acceptors (Lipinski definition) is 1. The standard InChI is InChI=1S/C16H13Cl4N/c17-11-3-1-9(2-4-11)10-5-13(6-10)21-16-14(19)7-12(18)8-15(16)20/h1-4,7-8,10,13,21H,5-6H2. The molecule has 0 radical (unpaired) electrons. The van der Waals surface area contributed by atoms with Crippen LogP contribution >= 0.6 is 46.4 Å². The van der Waals surface area contributed by atoms with Crippen LogP contribution < -0.4 is 5.32 Å². The molecule has 1 saturated carbocycles. The molecule has 1 fully saturated rings. The fourth-order valence-corrected chi connectivity index (χ4v) is 3.68. The van der Waals surface area contributed by atoms with Crippen LogP contribution in [0.25, 0.3) is 0 Å². The van der Waals surface area contributed by atoms with Crippen molar-refractivity contribution in [3.63, 3.8) is 0 Å². The predicted octanol–water partition coefficient (Wildman–Crippen LogP) is 6.66. The van der Waals surface area contributed by atoms with Crippen molar-refractivity contribution < 1.29 is 0 Å². The molecule has 0 aromatic heterocycles. The number of anilines is 1. The molecule has 2 aromatic carbocycles. The van der Waals surface area contributed by atoms with Gasteiger partial charge in [0.15, 0.2) is 0 Å². The minimum atomic E-state index is 0.377. The molecule has 0 atom stereocenters. The van der Waals surface area contributed by atoms with Gasteiger partial charge in [0.25, 0.3) is 0 Å². The van der Waals surface area contributed by atoms with E-state index >= 15 is 0 Å². The van der Waals surface area contributed by atoms with Crippen LogP contribution in [0.4, 0.5) is 5.69 Å². The monoisotopic (exact) mass is 359 g/mol. The van der Waals surface area contributed by atoms with E-state index in [4.69, 9.17) is 46.4 Å². The second-order valence-electron chi connectivity index (χ2n) is 5.31. The highest BCUT2D eigenvalue weighted by atomic mass is 35.5. The Morgan fingerprint density at radius 2 is 1.38 bits per heavy atom. The van der Waals surface area contributed by atoms with Crippen molar-refractivity contribution in [3.8, 4) is 0 Å². The lowest BCUT2D eigenvalue weighted by molar-refractivity contribution is 0.374. The Morgan fingerprint density at radius 3 is 1.95 bits per heavy atom. The molecule has 21 heavy (non-hydrogen) atoms. The van der Waals surface area contributed by atoms with E-state index in [1.165, 1.54) is 5.56 Å². The molecule has 0 saturated heterocycles. The number of hydrogen-bond donors (Lipinski definition) is 1. The zero-order chi connectivity index (χ0) is 15.0. The third kappa shape index (κ3) is 3.43. The van der Waals surface area contributed by atoms with Crippen molar-refractivity contribution in [2.45, 2.75) is 24.8 Å². The van der Waals surface area contributed by atoms with Gasteiger partial charge in [-0.1, -0.05) is 58.5 Å². The number of halogens is 4. The van der Waals surface area contributed by atoms with Crippen LogP contribution in [0.3, 0.4) is 0 Å². The summed E-state index contributed by atoms with van der Waals surface area (Å²) in [5.74, 6) is 0.560. The summed E-state index contributed by atoms with van der Waals surface area (Å²) < 4.78 is 0. The Morgan fingerprint density at radius 1 is 0.810 bits per heavy atom. The van der Waals surface area contributed by atoms with Gasteiger partial charge in [-0.05, 0) is 48.6 Å². The Hall–Kier alpha value is -0.600. The molecule has 3 rings (SSSR count). The SMILES string of the molecule is Clc1ccc(C2CC(Nc3c(Cl)cc(Cl)cc3Cl)C2)cc1. The lowest BCUT2D eigenvalue weighted by atomic mass is 9.76. The van der Waals surface area contributed by atoms with Gasteiger partial charge in [-0.2, -0.15) is 0 Å². The van der Waals surface area contributed by atoms with Crippen LogP contribution in [0.5, 0.6) is 0 Å². The first-order chi connectivity index (χ1) is 10.0. The normalized spacial score (nSPS) is 21.0. The second kappa shape index (κ2) is 6.26. The third-order valence-corrected chi connectivity index (χ3v) is 4.90. The van der Waals surface area contributed by atoms with Crippen LogP contribution in [-0.2, 0) is 0 Å².